The van der Waals surface area contributed by atoms with Gasteiger partial charge in [-0.25, -0.2) is 0 Å². The third-order valence-electron chi connectivity index (χ3n) is 3.88. The van der Waals surface area contributed by atoms with Gasteiger partial charge < -0.3 is 15.2 Å². The maximum absolute atomic E-state index is 12.4. The van der Waals surface area contributed by atoms with Crippen molar-refractivity contribution in [3.05, 3.63) is 59.7 Å². The number of aliphatic hydroxyl groups is 1. The molecule has 0 heterocycles. The van der Waals surface area contributed by atoms with Gasteiger partial charge in [-0.1, -0.05) is 44.2 Å². The van der Waals surface area contributed by atoms with Crippen LogP contribution in [0.5, 0.6) is 5.75 Å². The number of amides is 1. The van der Waals surface area contributed by atoms with E-state index in [9.17, 15) is 9.90 Å². The number of hydrogen-bond acceptors (Lipinski definition) is 3. The lowest BCUT2D eigenvalue weighted by Crippen LogP contribution is -2.30. The maximum atomic E-state index is 12.4. The number of carbonyl (C=O) groups is 1. The standard InChI is InChI=1S/C20H25NO3/c1-13(2)16-8-7-9-17(12-16)24-15(4)20(23)21-19-11-6-5-10-18(19)14(3)22/h5-15,22H,1-4H3,(H,21,23). The highest BCUT2D eigenvalue weighted by Crippen LogP contribution is 2.24. The largest absolute Gasteiger partial charge is 0.481 e. The molecule has 0 aliphatic heterocycles. The van der Waals surface area contributed by atoms with Gasteiger partial charge in [0.1, 0.15) is 5.75 Å². The molecule has 4 nitrogen and oxygen atoms in total. The molecule has 1 amide bonds. The quantitative estimate of drug-likeness (QED) is 0.833. The molecule has 4 heteroatoms. The Balaban J connectivity index is 2.07. The van der Waals surface area contributed by atoms with Gasteiger partial charge in [-0.15, -0.1) is 0 Å². The van der Waals surface area contributed by atoms with E-state index in [1.807, 2.05) is 36.4 Å². The van der Waals surface area contributed by atoms with E-state index >= 15 is 0 Å². The van der Waals surface area contributed by atoms with Crippen LogP contribution in [0, 0.1) is 0 Å². The van der Waals surface area contributed by atoms with Gasteiger partial charge >= 0.3 is 0 Å². The molecule has 2 aromatic carbocycles. The summed E-state index contributed by atoms with van der Waals surface area (Å²) in [5.41, 5.74) is 2.45. The first-order chi connectivity index (χ1) is 11.4. The molecule has 0 saturated heterocycles. The van der Waals surface area contributed by atoms with E-state index in [-0.39, 0.29) is 5.91 Å². The summed E-state index contributed by atoms with van der Waals surface area (Å²) in [6.07, 6.45) is -1.30. The van der Waals surface area contributed by atoms with Gasteiger partial charge in [-0.3, -0.25) is 4.79 Å². The van der Waals surface area contributed by atoms with E-state index in [1.54, 1.807) is 26.0 Å². The van der Waals surface area contributed by atoms with E-state index in [0.29, 0.717) is 22.9 Å². The number of rotatable bonds is 6. The van der Waals surface area contributed by atoms with Crippen LogP contribution in [0.25, 0.3) is 0 Å². The Morgan fingerprint density at radius 3 is 2.42 bits per heavy atom. The first-order valence-corrected chi connectivity index (χ1v) is 8.23. The molecule has 2 unspecified atom stereocenters. The minimum Gasteiger partial charge on any atom is -0.481 e. The van der Waals surface area contributed by atoms with Crippen molar-refractivity contribution in [2.24, 2.45) is 0 Å². The van der Waals surface area contributed by atoms with Gasteiger partial charge in [0.15, 0.2) is 6.10 Å². The molecule has 24 heavy (non-hydrogen) atoms. The maximum Gasteiger partial charge on any atom is 0.265 e. The molecule has 0 saturated carbocycles. The molecule has 0 spiro atoms. The third kappa shape index (κ3) is 4.59. The third-order valence-corrected chi connectivity index (χ3v) is 3.88. The van der Waals surface area contributed by atoms with E-state index < -0.39 is 12.2 Å². The summed E-state index contributed by atoms with van der Waals surface area (Å²) in [7, 11) is 0. The van der Waals surface area contributed by atoms with Crippen LogP contribution in [-0.4, -0.2) is 17.1 Å². The van der Waals surface area contributed by atoms with E-state index in [1.165, 1.54) is 5.56 Å². The smallest absolute Gasteiger partial charge is 0.265 e. The molecule has 0 aliphatic rings. The summed E-state index contributed by atoms with van der Waals surface area (Å²) in [5.74, 6) is 0.821. The zero-order valence-electron chi connectivity index (χ0n) is 14.6. The minimum absolute atomic E-state index is 0.252. The Hall–Kier alpha value is -2.33. The number of benzene rings is 2. The molecule has 0 bridgehead atoms. The summed E-state index contributed by atoms with van der Waals surface area (Å²) in [6, 6.07) is 15.0. The highest BCUT2D eigenvalue weighted by molar-refractivity contribution is 5.94. The fourth-order valence-corrected chi connectivity index (χ4v) is 2.41. The van der Waals surface area contributed by atoms with E-state index in [0.717, 1.165) is 0 Å². The van der Waals surface area contributed by atoms with E-state index in [2.05, 4.69) is 19.2 Å². The van der Waals surface area contributed by atoms with Gasteiger partial charge in [0, 0.05) is 11.3 Å². The summed E-state index contributed by atoms with van der Waals surface area (Å²) in [6.45, 7) is 7.61. The zero-order valence-corrected chi connectivity index (χ0v) is 14.6. The summed E-state index contributed by atoms with van der Waals surface area (Å²) in [5, 5.41) is 12.6. The topological polar surface area (TPSA) is 58.6 Å². The normalized spacial score (nSPS) is 13.4. The molecule has 2 N–H and O–H groups in total. The molecule has 0 aliphatic carbocycles. The molecule has 128 valence electrons. The predicted octanol–water partition coefficient (Wildman–Crippen LogP) is 4.27. The SMILES string of the molecule is CC(Oc1cccc(C(C)C)c1)C(=O)Nc1ccccc1C(C)O. The van der Waals surface area contributed by atoms with Crippen LogP contribution < -0.4 is 10.1 Å². The lowest BCUT2D eigenvalue weighted by molar-refractivity contribution is -0.122. The zero-order chi connectivity index (χ0) is 17.7. The van der Waals surface area contributed by atoms with Gasteiger partial charge in [0.2, 0.25) is 0 Å². The number of para-hydroxylation sites is 1. The van der Waals surface area contributed by atoms with Crippen LogP contribution in [0.15, 0.2) is 48.5 Å². The second kappa shape index (κ2) is 7.97. The van der Waals surface area contributed by atoms with Crippen molar-refractivity contribution in [2.45, 2.75) is 45.8 Å². The van der Waals surface area contributed by atoms with Crippen molar-refractivity contribution in [3.8, 4) is 5.75 Å². The number of ether oxygens (including phenoxy) is 1. The number of anilines is 1. The molecule has 0 aromatic heterocycles. The molecular formula is C20H25NO3. The Morgan fingerprint density at radius 1 is 1.04 bits per heavy atom. The fourth-order valence-electron chi connectivity index (χ4n) is 2.41. The highest BCUT2D eigenvalue weighted by Gasteiger charge is 2.17. The minimum atomic E-state index is -0.652. The van der Waals surface area contributed by atoms with Crippen LogP contribution in [0.2, 0.25) is 0 Å². The van der Waals surface area contributed by atoms with Crippen molar-refractivity contribution >= 4 is 11.6 Å². The second-order valence-corrected chi connectivity index (χ2v) is 6.24. The van der Waals surface area contributed by atoms with Crippen molar-refractivity contribution in [3.63, 3.8) is 0 Å². The predicted molar refractivity (Wildman–Crippen MR) is 96.3 cm³/mol. The summed E-state index contributed by atoms with van der Waals surface area (Å²) >= 11 is 0. The van der Waals surface area contributed by atoms with Crippen molar-refractivity contribution in [1.29, 1.82) is 0 Å². The van der Waals surface area contributed by atoms with Gasteiger partial charge in [-0.05, 0) is 43.5 Å². The average Bonchev–Trinajstić information content (AvgIpc) is 2.55. The highest BCUT2D eigenvalue weighted by atomic mass is 16.5. The van der Waals surface area contributed by atoms with Crippen LogP contribution in [0.3, 0.4) is 0 Å². The lowest BCUT2D eigenvalue weighted by atomic mass is 10.0. The van der Waals surface area contributed by atoms with Crippen molar-refractivity contribution in [1.82, 2.24) is 0 Å². The monoisotopic (exact) mass is 327 g/mol. The molecule has 2 atom stereocenters. The second-order valence-electron chi connectivity index (χ2n) is 6.24. The Bertz CT molecular complexity index is 695. The molecule has 0 fully saturated rings. The van der Waals surface area contributed by atoms with Crippen LogP contribution >= 0.6 is 0 Å². The lowest BCUT2D eigenvalue weighted by Gasteiger charge is -2.18. The first-order valence-electron chi connectivity index (χ1n) is 8.23. The van der Waals surface area contributed by atoms with Crippen molar-refractivity contribution < 1.29 is 14.6 Å². The first kappa shape index (κ1) is 18.0. The number of aliphatic hydroxyl groups excluding tert-OH is 1. The number of nitrogens with one attached hydrogen (secondary N) is 1. The van der Waals surface area contributed by atoms with Crippen molar-refractivity contribution in [2.75, 3.05) is 5.32 Å². The number of carbonyl (C=O) groups excluding carboxylic acids is 1. The molecule has 2 rings (SSSR count). The van der Waals surface area contributed by atoms with Crippen LogP contribution in [0.1, 0.15) is 50.8 Å². The summed E-state index contributed by atoms with van der Waals surface area (Å²) < 4.78 is 5.76. The molecule has 2 aromatic rings. The van der Waals surface area contributed by atoms with E-state index in [4.69, 9.17) is 4.74 Å². The van der Waals surface area contributed by atoms with Gasteiger partial charge in [-0.2, -0.15) is 0 Å². The average molecular weight is 327 g/mol. The Morgan fingerprint density at radius 2 is 1.75 bits per heavy atom. The Kier molecular flexibility index (Phi) is 5.99. The molecular weight excluding hydrogens is 302 g/mol. The summed E-state index contributed by atoms with van der Waals surface area (Å²) in [4.78, 5) is 12.4. The van der Waals surface area contributed by atoms with Crippen LogP contribution in [0.4, 0.5) is 5.69 Å². The van der Waals surface area contributed by atoms with Gasteiger partial charge in [0.25, 0.3) is 5.91 Å². The molecule has 0 radical (unpaired) electrons. The Labute approximate surface area is 143 Å². The van der Waals surface area contributed by atoms with Gasteiger partial charge in [0.05, 0.1) is 6.10 Å². The fraction of sp³-hybridized carbons (Fsp3) is 0.350. The number of hydrogen-bond donors (Lipinski definition) is 2. The van der Waals surface area contributed by atoms with Crippen LogP contribution in [-0.2, 0) is 4.79 Å².